The summed E-state index contributed by atoms with van der Waals surface area (Å²) in [6, 6.07) is 7.58. The van der Waals surface area contributed by atoms with Gasteiger partial charge in [0.1, 0.15) is 5.00 Å². The number of esters is 1. The molecule has 182 valence electrons. The van der Waals surface area contributed by atoms with Crippen molar-refractivity contribution in [1.29, 1.82) is 0 Å². The summed E-state index contributed by atoms with van der Waals surface area (Å²) in [7, 11) is 0. The zero-order valence-corrected chi connectivity index (χ0v) is 21.4. The molecule has 2 aromatic rings. The van der Waals surface area contributed by atoms with E-state index in [1.165, 1.54) is 34.4 Å². The summed E-state index contributed by atoms with van der Waals surface area (Å²) in [4.78, 5) is 40.1. The SMILES string of the molecule is CCOC(=O)c1c(NC(=O)C(C)Sc2cccc(NC(=O)C3CC3)c2)sc2c1CCCCCC2. The van der Waals surface area contributed by atoms with Gasteiger partial charge in [0.05, 0.1) is 17.4 Å². The van der Waals surface area contributed by atoms with E-state index in [2.05, 4.69) is 10.6 Å². The zero-order chi connectivity index (χ0) is 24.1. The van der Waals surface area contributed by atoms with E-state index in [-0.39, 0.29) is 29.0 Å². The number of hydrogen-bond acceptors (Lipinski definition) is 6. The highest BCUT2D eigenvalue weighted by Gasteiger charge is 2.30. The molecule has 1 unspecified atom stereocenters. The molecular formula is C26H32N2O4S2. The standard InChI is InChI=1S/C26H32N2O4S2/c1-3-32-26(31)22-20-11-6-4-5-7-12-21(20)34-25(22)28-23(29)16(2)33-19-10-8-9-18(15-19)27-24(30)17-13-14-17/h8-10,15-17H,3-7,11-14H2,1-2H3,(H,27,30)(H,28,29). The van der Waals surface area contributed by atoms with Crippen molar-refractivity contribution in [3.05, 3.63) is 40.3 Å². The van der Waals surface area contributed by atoms with E-state index >= 15 is 0 Å². The number of fused-ring (bicyclic) bond motifs is 1. The molecular weight excluding hydrogens is 468 g/mol. The highest BCUT2D eigenvalue weighted by atomic mass is 32.2. The molecule has 0 radical (unpaired) electrons. The molecule has 1 saturated carbocycles. The van der Waals surface area contributed by atoms with Gasteiger partial charge in [0.25, 0.3) is 0 Å². The van der Waals surface area contributed by atoms with Crippen LogP contribution in [0.4, 0.5) is 10.7 Å². The fourth-order valence-electron chi connectivity index (χ4n) is 4.13. The van der Waals surface area contributed by atoms with Gasteiger partial charge in [0, 0.05) is 21.4 Å². The molecule has 34 heavy (non-hydrogen) atoms. The monoisotopic (exact) mass is 500 g/mol. The van der Waals surface area contributed by atoms with E-state index in [0.717, 1.165) is 61.1 Å². The Morgan fingerprint density at radius 1 is 1.12 bits per heavy atom. The summed E-state index contributed by atoms with van der Waals surface area (Å²) >= 11 is 2.95. The van der Waals surface area contributed by atoms with Crippen LogP contribution in [0.1, 0.15) is 73.2 Å². The van der Waals surface area contributed by atoms with Crippen LogP contribution in [0.25, 0.3) is 0 Å². The maximum absolute atomic E-state index is 13.1. The highest BCUT2D eigenvalue weighted by molar-refractivity contribution is 8.00. The van der Waals surface area contributed by atoms with Crippen LogP contribution >= 0.6 is 23.1 Å². The molecule has 2 aliphatic rings. The number of thiophene rings is 1. The third-order valence-electron chi connectivity index (χ3n) is 6.12. The van der Waals surface area contributed by atoms with Gasteiger partial charge >= 0.3 is 5.97 Å². The molecule has 1 atom stereocenters. The Kier molecular flexibility index (Phi) is 8.32. The summed E-state index contributed by atoms with van der Waals surface area (Å²) in [5.41, 5.74) is 2.34. The van der Waals surface area contributed by atoms with Gasteiger partial charge in [-0.25, -0.2) is 4.79 Å². The molecule has 0 bridgehead atoms. The lowest BCUT2D eigenvalue weighted by atomic mass is 9.96. The lowest BCUT2D eigenvalue weighted by Crippen LogP contribution is -2.23. The minimum atomic E-state index is -0.380. The Bertz CT molecular complexity index is 1060. The molecule has 6 nitrogen and oxygen atoms in total. The van der Waals surface area contributed by atoms with Gasteiger partial charge in [-0.15, -0.1) is 23.1 Å². The van der Waals surface area contributed by atoms with Gasteiger partial charge in [-0.1, -0.05) is 18.9 Å². The second kappa shape index (κ2) is 11.4. The Morgan fingerprint density at radius 2 is 1.88 bits per heavy atom. The van der Waals surface area contributed by atoms with Gasteiger partial charge in [0.2, 0.25) is 11.8 Å². The molecule has 2 N–H and O–H groups in total. The van der Waals surface area contributed by atoms with Crippen molar-refractivity contribution in [2.24, 2.45) is 5.92 Å². The van der Waals surface area contributed by atoms with E-state index in [0.29, 0.717) is 17.2 Å². The molecule has 8 heteroatoms. The fourth-order valence-corrected chi connectivity index (χ4v) is 6.34. The molecule has 1 fully saturated rings. The Labute approximate surface area is 209 Å². The van der Waals surface area contributed by atoms with Gasteiger partial charge in [0.15, 0.2) is 0 Å². The number of thioether (sulfide) groups is 1. The third kappa shape index (κ3) is 6.21. The number of hydrogen-bond donors (Lipinski definition) is 2. The van der Waals surface area contributed by atoms with E-state index in [1.54, 1.807) is 6.92 Å². The van der Waals surface area contributed by atoms with Gasteiger partial charge < -0.3 is 15.4 Å². The molecule has 0 saturated heterocycles. The summed E-state index contributed by atoms with van der Waals surface area (Å²) < 4.78 is 5.35. The first-order valence-corrected chi connectivity index (χ1v) is 13.9. The normalized spacial score (nSPS) is 16.5. The molecule has 0 spiro atoms. The van der Waals surface area contributed by atoms with E-state index in [4.69, 9.17) is 4.74 Å². The summed E-state index contributed by atoms with van der Waals surface area (Å²) in [6.45, 7) is 3.95. The van der Waals surface area contributed by atoms with E-state index in [9.17, 15) is 14.4 Å². The van der Waals surface area contributed by atoms with E-state index < -0.39 is 0 Å². The van der Waals surface area contributed by atoms with Crippen LogP contribution in [0.15, 0.2) is 29.2 Å². The Morgan fingerprint density at radius 3 is 2.62 bits per heavy atom. The predicted octanol–water partition coefficient (Wildman–Crippen LogP) is 6.05. The van der Waals surface area contributed by atoms with Crippen LogP contribution in [0.2, 0.25) is 0 Å². The van der Waals surface area contributed by atoms with Gasteiger partial charge in [-0.2, -0.15) is 0 Å². The molecule has 1 aromatic heterocycles. The molecule has 1 heterocycles. The third-order valence-corrected chi connectivity index (χ3v) is 8.42. The highest BCUT2D eigenvalue weighted by Crippen LogP contribution is 2.38. The average molecular weight is 501 g/mol. The first-order valence-electron chi connectivity index (χ1n) is 12.2. The number of benzene rings is 1. The second-order valence-electron chi connectivity index (χ2n) is 8.88. The number of nitrogens with one attached hydrogen (secondary N) is 2. The summed E-state index contributed by atoms with van der Waals surface area (Å²) in [5.74, 6) is -0.306. The number of anilines is 2. The summed E-state index contributed by atoms with van der Waals surface area (Å²) in [6.07, 6.45) is 8.20. The molecule has 2 amide bonds. The van der Waals surface area contributed by atoms with Crippen molar-refractivity contribution >= 4 is 51.6 Å². The van der Waals surface area contributed by atoms with Gasteiger partial charge in [-0.05, 0) is 76.1 Å². The van der Waals surface area contributed by atoms with Crippen LogP contribution in [0, 0.1) is 5.92 Å². The van der Waals surface area contributed by atoms with Crippen LogP contribution in [0.3, 0.4) is 0 Å². The average Bonchev–Trinajstić information content (AvgIpc) is 3.59. The van der Waals surface area contributed by atoms with Crippen LogP contribution in [-0.2, 0) is 27.2 Å². The molecule has 0 aliphatic heterocycles. The number of amides is 2. The Balaban J connectivity index is 1.47. The molecule has 1 aromatic carbocycles. The van der Waals surface area contributed by atoms with Crippen molar-refractivity contribution < 1.29 is 19.1 Å². The first kappa shape index (κ1) is 24.8. The minimum absolute atomic E-state index is 0.0627. The fraction of sp³-hybridized carbons (Fsp3) is 0.500. The number of ether oxygens (including phenoxy) is 1. The number of carbonyl (C=O) groups is 3. The van der Waals surface area contributed by atoms with Gasteiger partial charge in [-0.3, -0.25) is 9.59 Å². The van der Waals surface area contributed by atoms with Crippen molar-refractivity contribution in [3.63, 3.8) is 0 Å². The van der Waals surface area contributed by atoms with Crippen LogP contribution in [-0.4, -0.2) is 29.6 Å². The zero-order valence-electron chi connectivity index (χ0n) is 19.8. The number of carbonyl (C=O) groups excluding carboxylic acids is 3. The predicted molar refractivity (Wildman–Crippen MR) is 138 cm³/mol. The van der Waals surface area contributed by atoms with Crippen LogP contribution < -0.4 is 10.6 Å². The molecule has 2 aliphatic carbocycles. The maximum atomic E-state index is 13.1. The summed E-state index contributed by atoms with van der Waals surface area (Å²) in [5, 5.41) is 6.20. The largest absolute Gasteiger partial charge is 0.462 e. The lowest BCUT2D eigenvalue weighted by Gasteiger charge is -2.14. The lowest BCUT2D eigenvalue weighted by molar-refractivity contribution is -0.117. The first-order chi connectivity index (χ1) is 16.5. The second-order valence-corrected chi connectivity index (χ2v) is 11.4. The quantitative estimate of drug-likeness (QED) is 0.340. The van der Waals surface area contributed by atoms with Crippen molar-refractivity contribution in [3.8, 4) is 0 Å². The topological polar surface area (TPSA) is 84.5 Å². The number of rotatable bonds is 8. The van der Waals surface area contributed by atoms with Crippen molar-refractivity contribution in [2.45, 2.75) is 75.4 Å². The van der Waals surface area contributed by atoms with Crippen LogP contribution in [0.5, 0.6) is 0 Å². The maximum Gasteiger partial charge on any atom is 0.341 e. The minimum Gasteiger partial charge on any atom is -0.462 e. The smallest absolute Gasteiger partial charge is 0.341 e. The van der Waals surface area contributed by atoms with Crippen molar-refractivity contribution in [2.75, 3.05) is 17.2 Å². The molecule has 4 rings (SSSR count). The Hall–Kier alpha value is -2.32. The number of aryl methyl sites for hydroxylation is 1. The van der Waals surface area contributed by atoms with Crippen molar-refractivity contribution in [1.82, 2.24) is 0 Å². The van der Waals surface area contributed by atoms with E-state index in [1.807, 2.05) is 31.2 Å².